The highest BCUT2D eigenvalue weighted by Crippen LogP contribution is 2.20. The number of thioether (sulfide) groups is 1. The van der Waals surface area contributed by atoms with Crippen molar-refractivity contribution in [2.75, 3.05) is 5.75 Å². The lowest BCUT2D eigenvalue weighted by molar-refractivity contribution is -0.151. The molecule has 0 unspecified atom stereocenters. The first-order valence-corrected chi connectivity index (χ1v) is 7.28. The van der Waals surface area contributed by atoms with Crippen molar-refractivity contribution in [2.45, 2.75) is 39.0 Å². The molecule has 0 bridgehead atoms. The van der Waals surface area contributed by atoms with E-state index < -0.39 is 11.5 Å². The van der Waals surface area contributed by atoms with Gasteiger partial charge in [-0.15, -0.1) is 11.8 Å². The van der Waals surface area contributed by atoms with E-state index in [4.69, 9.17) is 15.0 Å². The SMILES string of the molecule is Cc1oc(CSCC(=O)OC(C)(C)C)cc1C(=O)NN. The van der Waals surface area contributed by atoms with Crippen molar-refractivity contribution < 1.29 is 18.7 Å². The maximum Gasteiger partial charge on any atom is 0.316 e. The molecule has 1 amide bonds. The smallest absolute Gasteiger partial charge is 0.316 e. The van der Waals surface area contributed by atoms with Crippen LogP contribution in [0.3, 0.4) is 0 Å². The van der Waals surface area contributed by atoms with E-state index in [0.717, 1.165) is 0 Å². The molecule has 20 heavy (non-hydrogen) atoms. The van der Waals surface area contributed by atoms with E-state index in [-0.39, 0.29) is 11.7 Å². The van der Waals surface area contributed by atoms with Gasteiger partial charge in [0.15, 0.2) is 0 Å². The number of hydrazine groups is 1. The van der Waals surface area contributed by atoms with Crippen LogP contribution >= 0.6 is 11.8 Å². The number of furan rings is 1. The van der Waals surface area contributed by atoms with Gasteiger partial charge in [-0.2, -0.15) is 0 Å². The predicted octanol–water partition coefficient (Wildman–Crippen LogP) is 1.77. The first kappa shape index (κ1) is 16.6. The Morgan fingerprint density at radius 1 is 1.45 bits per heavy atom. The molecule has 3 N–H and O–H groups in total. The standard InChI is InChI=1S/C13H20N2O4S/c1-8-10(12(17)15-14)5-9(18-8)6-20-7-11(16)19-13(2,3)4/h5H,6-7,14H2,1-4H3,(H,15,17). The van der Waals surface area contributed by atoms with Crippen LogP contribution in [0, 0.1) is 6.92 Å². The number of ether oxygens (including phenoxy) is 1. The summed E-state index contributed by atoms with van der Waals surface area (Å²) < 4.78 is 10.6. The van der Waals surface area contributed by atoms with Crippen LogP contribution in [0.4, 0.5) is 0 Å². The number of rotatable bonds is 5. The molecule has 112 valence electrons. The normalized spacial score (nSPS) is 11.2. The van der Waals surface area contributed by atoms with Crippen LogP contribution in [0.5, 0.6) is 0 Å². The summed E-state index contributed by atoms with van der Waals surface area (Å²) in [5.41, 5.74) is 1.98. The fraction of sp³-hybridized carbons (Fsp3) is 0.538. The molecule has 6 nitrogen and oxygen atoms in total. The Kier molecular flexibility index (Phi) is 5.64. The molecule has 0 aliphatic heterocycles. The topological polar surface area (TPSA) is 94.6 Å². The van der Waals surface area contributed by atoms with Crippen molar-refractivity contribution in [2.24, 2.45) is 5.84 Å². The minimum absolute atomic E-state index is 0.232. The summed E-state index contributed by atoms with van der Waals surface area (Å²) in [5, 5.41) is 0. The van der Waals surface area contributed by atoms with Crippen molar-refractivity contribution >= 4 is 23.6 Å². The van der Waals surface area contributed by atoms with Crippen LogP contribution in [0.25, 0.3) is 0 Å². The second-order valence-corrected chi connectivity index (χ2v) is 6.22. The molecule has 1 aromatic rings. The van der Waals surface area contributed by atoms with Crippen molar-refractivity contribution in [3.63, 3.8) is 0 Å². The van der Waals surface area contributed by atoms with Crippen molar-refractivity contribution in [1.29, 1.82) is 0 Å². The van der Waals surface area contributed by atoms with Gasteiger partial charge in [-0.1, -0.05) is 0 Å². The van der Waals surface area contributed by atoms with Crippen LogP contribution in [-0.4, -0.2) is 23.2 Å². The van der Waals surface area contributed by atoms with E-state index in [1.165, 1.54) is 11.8 Å². The third kappa shape index (κ3) is 5.26. The largest absolute Gasteiger partial charge is 0.465 e. The molecule has 0 aromatic carbocycles. The third-order valence-electron chi connectivity index (χ3n) is 2.23. The van der Waals surface area contributed by atoms with Crippen LogP contribution in [0.1, 0.15) is 42.6 Å². The Balaban J connectivity index is 2.47. The van der Waals surface area contributed by atoms with Gasteiger partial charge >= 0.3 is 5.97 Å². The molecule has 0 aliphatic carbocycles. The molecule has 1 aromatic heterocycles. The van der Waals surface area contributed by atoms with E-state index in [1.807, 2.05) is 20.8 Å². The van der Waals surface area contributed by atoms with Gasteiger partial charge < -0.3 is 9.15 Å². The number of nitrogen functional groups attached to an aromatic ring is 1. The van der Waals surface area contributed by atoms with Crippen LogP contribution in [0.15, 0.2) is 10.5 Å². The second-order valence-electron chi connectivity index (χ2n) is 5.24. The molecule has 0 saturated heterocycles. The molecule has 0 atom stereocenters. The number of carbonyl (C=O) groups is 2. The molecule has 1 rings (SSSR count). The van der Waals surface area contributed by atoms with Crippen LogP contribution in [0.2, 0.25) is 0 Å². The average molecular weight is 300 g/mol. The Bertz CT molecular complexity index is 491. The third-order valence-corrected chi connectivity index (χ3v) is 3.16. The summed E-state index contributed by atoms with van der Waals surface area (Å²) in [7, 11) is 0. The van der Waals surface area contributed by atoms with E-state index >= 15 is 0 Å². The number of carbonyl (C=O) groups excluding carboxylic acids is 2. The van der Waals surface area contributed by atoms with Gasteiger partial charge in [-0.25, -0.2) is 5.84 Å². The molecule has 0 aliphatic rings. The van der Waals surface area contributed by atoms with E-state index in [0.29, 0.717) is 22.8 Å². The Labute approximate surface area is 122 Å². The van der Waals surface area contributed by atoms with Crippen molar-refractivity contribution in [3.05, 3.63) is 23.2 Å². The summed E-state index contributed by atoms with van der Waals surface area (Å²) in [4.78, 5) is 22.9. The van der Waals surface area contributed by atoms with E-state index in [2.05, 4.69) is 5.43 Å². The van der Waals surface area contributed by atoms with Gasteiger partial charge in [-0.3, -0.25) is 15.0 Å². The van der Waals surface area contributed by atoms with Gasteiger partial charge in [0.05, 0.1) is 17.1 Å². The molecule has 0 radical (unpaired) electrons. The Hall–Kier alpha value is -1.47. The molecule has 7 heteroatoms. The molecule has 0 fully saturated rings. The Morgan fingerprint density at radius 2 is 2.10 bits per heavy atom. The molecular weight excluding hydrogens is 280 g/mol. The number of hydrogen-bond acceptors (Lipinski definition) is 6. The predicted molar refractivity (Wildman–Crippen MR) is 77.1 cm³/mol. The van der Waals surface area contributed by atoms with Gasteiger partial charge in [-0.05, 0) is 33.8 Å². The maximum absolute atomic E-state index is 11.5. The zero-order chi connectivity index (χ0) is 15.3. The maximum atomic E-state index is 11.5. The van der Waals surface area contributed by atoms with Gasteiger partial charge in [0.2, 0.25) is 0 Å². The van der Waals surface area contributed by atoms with Crippen LogP contribution < -0.4 is 11.3 Å². The number of aryl methyl sites for hydroxylation is 1. The summed E-state index contributed by atoms with van der Waals surface area (Å²) in [6, 6.07) is 1.62. The number of nitrogens with two attached hydrogens (primary N) is 1. The zero-order valence-electron chi connectivity index (χ0n) is 12.1. The van der Waals surface area contributed by atoms with E-state index in [1.54, 1.807) is 13.0 Å². The second kappa shape index (κ2) is 6.81. The Morgan fingerprint density at radius 3 is 2.65 bits per heavy atom. The summed E-state index contributed by atoms with van der Waals surface area (Å²) in [6.45, 7) is 7.15. The number of amides is 1. The van der Waals surface area contributed by atoms with Crippen molar-refractivity contribution in [3.8, 4) is 0 Å². The average Bonchev–Trinajstić information content (AvgIpc) is 2.67. The number of esters is 1. The number of hydrogen-bond donors (Lipinski definition) is 2. The summed E-state index contributed by atoms with van der Waals surface area (Å²) in [6.07, 6.45) is 0. The minimum Gasteiger partial charge on any atom is -0.465 e. The fourth-order valence-electron chi connectivity index (χ4n) is 1.52. The van der Waals surface area contributed by atoms with E-state index in [9.17, 15) is 9.59 Å². The van der Waals surface area contributed by atoms with Gasteiger partial charge in [0, 0.05) is 0 Å². The number of nitrogens with one attached hydrogen (secondary N) is 1. The molecular formula is C13H20N2O4S. The van der Waals surface area contributed by atoms with Gasteiger partial charge in [0.25, 0.3) is 5.91 Å². The molecule has 1 heterocycles. The molecule has 0 spiro atoms. The zero-order valence-corrected chi connectivity index (χ0v) is 12.9. The van der Waals surface area contributed by atoms with Crippen molar-refractivity contribution in [1.82, 2.24) is 5.43 Å². The first-order chi connectivity index (χ1) is 9.23. The fourth-order valence-corrected chi connectivity index (χ4v) is 2.20. The highest BCUT2D eigenvalue weighted by molar-refractivity contribution is 7.99. The lowest BCUT2D eigenvalue weighted by Crippen LogP contribution is -2.30. The minimum atomic E-state index is -0.481. The summed E-state index contributed by atoms with van der Waals surface area (Å²) in [5.74, 6) is 6.24. The van der Waals surface area contributed by atoms with Crippen LogP contribution in [-0.2, 0) is 15.3 Å². The van der Waals surface area contributed by atoms with Gasteiger partial charge in [0.1, 0.15) is 17.1 Å². The highest BCUT2D eigenvalue weighted by atomic mass is 32.2. The summed E-state index contributed by atoms with van der Waals surface area (Å²) >= 11 is 1.37. The lowest BCUT2D eigenvalue weighted by atomic mass is 10.2. The molecule has 0 saturated carbocycles. The first-order valence-electron chi connectivity index (χ1n) is 6.13. The highest BCUT2D eigenvalue weighted by Gasteiger charge is 2.17. The lowest BCUT2D eigenvalue weighted by Gasteiger charge is -2.19. The monoisotopic (exact) mass is 300 g/mol. The quantitative estimate of drug-likeness (QED) is 0.372.